The van der Waals surface area contributed by atoms with Crippen LogP contribution in [0.5, 0.6) is 0 Å². The highest BCUT2D eigenvalue weighted by molar-refractivity contribution is 7.89. The van der Waals surface area contributed by atoms with Gasteiger partial charge in [-0.2, -0.15) is 4.31 Å². The second-order valence-electron chi connectivity index (χ2n) is 9.22. The highest BCUT2D eigenvalue weighted by Crippen LogP contribution is 2.31. The van der Waals surface area contributed by atoms with Crippen molar-refractivity contribution in [2.24, 2.45) is 0 Å². The third kappa shape index (κ3) is 5.15. The van der Waals surface area contributed by atoms with Gasteiger partial charge in [-0.25, -0.2) is 17.8 Å². The minimum Gasteiger partial charge on any atom is -0.308 e. The largest absolute Gasteiger partial charge is 0.308 e. The molecule has 0 saturated carbocycles. The summed E-state index contributed by atoms with van der Waals surface area (Å²) >= 11 is 1.25. The number of rotatable bonds is 7. The van der Waals surface area contributed by atoms with E-state index < -0.39 is 15.8 Å². The maximum absolute atomic E-state index is 14.3. The Morgan fingerprint density at radius 1 is 1.00 bits per heavy atom. The van der Waals surface area contributed by atoms with E-state index in [4.69, 9.17) is 0 Å². The molecule has 37 heavy (non-hydrogen) atoms. The number of hydrogen-bond acceptors (Lipinski definition) is 6. The van der Waals surface area contributed by atoms with Crippen LogP contribution in [0.3, 0.4) is 0 Å². The standard InChI is InChI=1S/C27H27FN4O3S2/c1-30(2)16-17-32(27-29-25-23(28)8-5-9-24(25)36-27)26(33)20-10-12-22(13-11-20)37(34,35)31-15-14-19-6-3-4-7-21(19)18-31/h3-13H,14-18H2,1-2H3. The lowest BCUT2D eigenvalue weighted by Gasteiger charge is -2.28. The van der Waals surface area contributed by atoms with Crippen LogP contribution in [-0.4, -0.2) is 62.2 Å². The average Bonchev–Trinajstić information content (AvgIpc) is 3.33. The number of benzene rings is 3. The fourth-order valence-electron chi connectivity index (χ4n) is 4.35. The lowest BCUT2D eigenvalue weighted by Crippen LogP contribution is -2.37. The topological polar surface area (TPSA) is 73.8 Å². The van der Waals surface area contributed by atoms with Crippen molar-refractivity contribution in [3.63, 3.8) is 0 Å². The normalized spacial score (nSPS) is 14.2. The molecule has 5 rings (SSSR count). The predicted octanol–water partition coefficient (Wildman–Crippen LogP) is 4.39. The molecular weight excluding hydrogens is 511 g/mol. The third-order valence-corrected chi connectivity index (χ3v) is 9.34. The van der Waals surface area contributed by atoms with Crippen molar-refractivity contribution in [1.82, 2.24) is 14.2 Å². The summed E-state index contributed by atoms with van der Waals surface area (Å²) in [7, 11) is 0.0908. The van der Waals surface area contributed by atoms with E-state index in [1.165, 1.54) is 56.4 Å². The molecule has 0 atom stereocenters. The first-order chi connectivity index (χ1) is 17.7. The average molecular weight is 539 g/mol. The van der Waals surface area contributed by atoms with Gasteiger partial charge in [0.2, 0.25) is 10.0 Å². The van der Waals surface area contributed by atoms with Crippen LogP contribution >= 0.6 is 11.3 Å². The molecule has 0 spiro atoms. The number of anilines is 1. The molecule has 0 bridgehead atoms. The summed E-state index contributed by atoms with van der Waals surface area (Å²) in [6.45, 7) is 1.66. The molecule has 1 amide bonds. The molecule has 2 heterocycles. The molecule has 4 aromatic rings. The van der Waals surface area contributed by atoms with E-state index in [-0.39, 0.29) is 16.3 Å². The maximum atomic E-state index is 14.3. The van der Waals surface area contributed by atoms with Gasteiger partial charge in [0.25, 0.3) is 5.91 Å². The van der Waals surface area contributed by atoms with Crippen molar-refractivity contribution in [2.45, 2.75) is 17.9 Å². The van der Waals surface area contributed by atoms with Crippen LogP contribution in [0.1, 0.15) is 21.5 Å². The third-order valence-electron chi connectivity index (χ3n) is 6.44. The number of carbonyl (C=O) groups is 1. The number of hydrogen-bond donors (Lipinski definition) is 0. The van der Waals surface area contributed by atoms with Gasteiger partial charge in [0, 0.05) is 31.7 Å². The lowest BCUT2D eigenvalue weighted by atomic mass is 10.0. The van der Waals surface area contributed by atoms with Crippen molar-refractivity contribution < 1.29 is 17.6 Å². The van der Waals surface area contributed by atoms with Gasteiger partial charge in [0.05, 0.1) is 9.60 Å². The van der Waals surface area contributed by atoms with Gasteiger partial charge in [-0.15, -0.1) is 0 Å². The van der Waals surface area contributed by atoms with E-state index in [2.05, 4.69) is 4.98 Å². The van der Waals surface area contributed by atoms with Crippen molar-refractivity contribution in [3.8, 4) is 0 Å². The number of amides is 1. The van der Waals surface area contributed by atoms with Crippen molar-refractivity contribution in [1.29, 1.82) is 0 Å². The first-order valence-electron chi connectivity index (χ1n) is 11.9. The van der Waals surface area contributed by atoms with E-state index in [1.54, 1.807) is 12.1 Å². The van der Waals surface area contributed by atoms with Crippen molar-refractivity contribution in [2.75, 3.05) is 38.6 Å². The number of aromatic nitrogens is 1. The highest BCUT2D eigenvalue weighted by Gasteiger charge is 2.29. The van der Waals surface area contributed by atoms with Crippen LogP contribution in [-0.2, 0) is 23.0 Å². The molecule has 10 heteroatoms. The van der Waals surface area contributed by atoms with E-state index in [1.807, 2.05) is 43.3 Å². The smallest absolute Gasteiger partial charge is 0.260 e. The molecule has 1 aliphatic rings. The second kappa shape index (κ2) is 10.3. The number of fused-ring (bicyclic) bond motifs is 2. The number of sulfonamides is 1. The molecule has 192 valence electrons. The summed E-state index contributed by atoms with van der Waals surface area (Å²) < 4.78 is 43.0. The Kier molecular flexibility index (Phi) is 7.09. The summed E-state index contributed by atoms with van der Waals surface area (Å²) in [4.78, 5) is 21.6. The van der Waals surface area contributed by atoms with Gasteiger partial charge in [-0.05, 0) is 68.0 Å². The summed E-state index contributed by atoms with van der Waals surface area (Å²) in [5.41, 5.74) is 2.74. The van der Waals surface area contributed by atoms with Crippen LogP contribution in [0.2, 0.25) is 0 Å². The van der Waals surface area contributed by atoms with Crippen LogP contribution in [0.4, 0.5) is 9.52 Å². The number of halogens is 1. The summed E-state index contributed by atoms with van der Waals surface area (Å²) in [6.07, 6.45) is 0.662. The van der Waals surface area contributed by atoms with Gasteiger partial charge in [-0.1, -0.05) is 41.7 Å². The molecule has 0 unspecified atom stereocenters. The molecule has 0 N–H and O–H groups in total. The number of likely N-dealkylation sites (N-methyl/N-ethyl adjacent to an activating group) is 1. The minimum atomic E-state index is -3.71. The zero-order chi connectivity index (χ0) is 26.2. The Morgan fingerprint density at radius 3 is 2.43 bits per heavy atom. The van der Waals surface area contributed by atoms with E-state index in [0.29, 0.717) is 48.0 Å². The Morgan fingerprint density at radius 2 is 1.73 bits per heavy atom. The molecule has 0 aliphatic carbocycles. The van der Waals surface area contributed by atoms with Crippen LogP contribution in [0.15, 0.2) is 71.6 Å². The summed E-state index contributed by atoms with van der Waals surface area (Å²) in [6, 6.07) is 18.6. The fourth-order valence-corrected chi connectivity index (χ4v) is 6.78. The van der Waals surface area contributed by atoms with Crippen LogP contribution in [0.25, 0.3) is 10.2 Å². The quantitative estimate of drug-likeness (QED) is 0.349. The van der Waals surface area contributed by atoms with Crippen LogP contribution < -0.4 is 4.90 Å². The van der Waals surface area contributed by atoms with Gasteiger partial charge in [0.15, 0.2) is 5.13 Å². The fraction of sp³-hybridized carbons (Fsp3) is 0.259. The van der Waals surface area contributed by atoms with Gasteiger partial charge >= 0.3 is 0 Å². The maximum Gasteiger partial charge on any atom is 0.260 e. The Balaban J connectivity index is 1.40. The molecule has 3 aromatic carbocycles. The Bertz CT molecular complexity index is 1550. The predicted molar refractivity (Wildman–Crippen MR) is 144 cm³/mol. The highest BCUT2D eigenvalue weighted by atomic mass is 32.2. The molecule has 1 aromatic heterocycles. The summed E-state index contributed by atoms with van der Waals surface area (Å²) in [5.74, 6) is -0.757. The van der Waals surface area contributed by atoms with Gasteiger partial charge in [0.1, 0.15) is 11.3 Å². The van der Waals surface area contributed by atoms with Gasteiger partial charge < -0.3 is 4.90 Å². The first-order valence-corrected chi connectivity index (χ1v) is 14.2. The van der Waals surface area contributed by atoms with Crippen molar-refractivity contribution >= 4 is 42.6 Å². The molecule has 1 aliphatic heterocycles. The lowest BCUT2D eigenvalue weighted by molar-refractivity contribution is 0.0985. The monoisotopic (exact) mass is 538 g/mol. The molecule has 7 nitrogen and oxygen atoms in total. The van der Waals surface area contributed by atoms with Crippen molar-refractivity contribution in [3.05, 3.63) is 89.2 Å². The van der Waals surface area contributed by atoms with E-state index >= 15 is 0 Å². The zero-order valence-electron chi connectivity index (χ0n) is 20.6. The van der Waals surface area contributed by atoms with Crippen LogP contribution in [0, 0.1) is 5.82 Å². The summed E-state index contributed by atoms with van der Waals surface area (Å²) in [5, 5.41) is 0.399. The zero-order valence-corrected chi connectivity index (χ0v) is 22.2. The number of para-hydroxylation sites is 1. The number of carbonyl (C=O) groups excluding carboxylic acids is 1. The molecule has 0 fully saturated rings. The SMILES string of the molecule is CN(C)CCN(C(=O)c1ccc(S(=O)(=O)N2CCc3ccccc3C2)cc1)c1nc2c(F)cccc2s1. The number of thiazole rings is 1. The minimum absolute atomic E-state index is 0.144. The molecule has 0 saturated heterocycles. The van der Waals surface area contributed by atoms with Gasteiger partial charge in [-0.3, -0.25) is 9.69 Å². The second-order valence-corrected chi connectivity index (χ2v) is 12.2. The first kappa shape index (κ1) is 25.5. The molecule has 0 radical (unpaired) electrons. The molecular formula is C27H27FN4O3S2. The van der Waals surface area contributed by atoms with E-state index in [0.717, 1.165) is 5.56 Å². The van der Waals surface area contributed by atoms with E-state index in [9.17, 15) is 17.6 Å². The Labute approximate surface area is 219 Å². The number of nitrogens with zero attached hydrogens (tertiary/aromatic N) is 4. The Hall–Kier alpha value is -3.18.